The summed E-state index contributed by atoms with van der Waals surface area (Å²) >= 11 is 1.69. The van der Waals surface area contributed by atoms with Crippen LogP contribution in [0, 0.1) is 5.92 Å². The van der Waals surface area contributed by atoms with E-state index in [0.717, 1.165) is 41.0 Å². The average Bonchev–Trinajstić information content (AvgIpc) is 3.71. The zero-order valence-corrected chi connectivity index (χ0v) is 21.4. The molecule has 1 N–H and O–H groups in total. The zero-order valence-electron chi connectivity index (χ0n) is 20.6. The highest BCUT2D eigenvalue weighted by Crippen LogP contribution is 2.34. The van der Waals surface area contributed by atoms with Crippen LogP contribution >= 0.6 is 11.8 Å². The third kappa shape index (κ3) is 7.95. The Labute approximate surface area is 212 Å². The minimum atomic E-state index is -0.222. The molecule has 7 nitrogen and oxygen atoms in total. The first-order chi connectivity index (χ1) is 17.1. The number of anilines is 2. The molecule has 0 bridgehead atoms. The van der Waals surface area contributed by atoms with Crippen molar-refractivity contribution in [3.8, 4) is 0 Å². The van der Waals surface area contributed by atoms with Gasteiger partial charge < -0.3 is 15.0 Å². The Hall–Kier alpha value is -2.61. The maximum Gasteiger partial charge on any atom is 0.306 e. The summed E-state index contributed by atoms with van der Waals surface area (Å²) in [6.45, 7) is 3.27. The lowest BCUT2D eigenvalue weighted by Crippen LogP contribution is -2.39. The number of ether oxygens (including phenoxy) is 1. The van der Waals surface area contributed by atoms with E-state index in [9.17, 15) is 9.59 Å². The van der Waals surface area contributed by atoms with Gasteiger partial charge in [-0.05, 0) is 56.2 Å². The second-order valence-electron chi connectivity index (χ2n) is 9.41. The van der Waals surface area contributed by atoms with Gasteiger partial charge in [0.2, 0.25) is 0 Å². The Kier molecular flexibility index (Phi) is 9.40. The summed E-state index contributed by atoms with van der Waals surface area (Å²) in [4.78, 5) is 35.6. The van der Waals surface area contributed by atoms with Crippen LogP contribution in [0.3, 0.4) is 0 Å². The summed E-state index contributed by atoms with van der Waals surface area (Å²) in [5.41, 5.74) is 2.27. The van der Waals surface area contributed by atoms with Gasteiger partial charge in [0.05, 0.1) is 13.0 Å². The summed E-state index contributed by atoms with van der Waals surface area (Å²) in [6, 6.07) is 10.2. The number of thioether (sulfide) groups is 1. The zero-order chi connectivity index (χ0) is 24.5. The number of aromatic nitrogens is 2. The highest BCUT2D eigenvalue weighted by Gasteiger charge is 2.30. The molecule has 0 unspecified atom stereocenters. The van der Waals surface area contributed by atoms with Crippen molar-refractivity contribution in [2.24, 2.45) is 5.92 Å². The highest BCUT2D eigenvalue weighted by molar-refractivity contribution is 7.98. The molecule has 0 saturated heterocycles. The molecule has 0 aliphatic heterocycles. The number of esters is 1. The molecule has 0 spiro atoms. The maximum absolute atomic E-state index is 12.9. The van der Waals surface area contributed by atoms with Crippen molar-refractivity contribution in [1.29, 1.82) is 0 Å². The molecule has 1 aromatic carbocycles. The molecular formula is C27H36N4O3S. The number of rotatable bonds is 12. The Balaban J connectivity index is 1.32. The number of hydrogen-bond donors (Lipinski definition) is 1. The molecule has 1 aromatic heterocycles. The largest absolute Gasteiger partial charge is 0.466 e. The number of nitrogens with one attached hydrogen (secondary N) is 1. The molecule has 1 heterocycles. The second kappa shape index (κ2) is 12.9. The van der Waals surface area contributed by atoms with Gasteiger partial charge in [-0.15, -0.1) is 0 Å². The van der Waals surface area contributed by atoms with E-state index in [1.165, 1.54) is 51.3 Å². The van der Waals surface area contributed by atoms with Crippen LogP contribution < -0.4 is 10.2 Å². The van der Waals surface area contributed by atoms with Crippen molar-refractivity contribution < 1.29 is 14.3 Å². The molecule has 188 valence electrons. The van der Waals surface area contributed by atoms with Crippen molar-refractivity contribution in [3.63, 3.8) is 0 Å². The molecule has 0 atom stereocenters. The molecule has 2 aliphatic rings. The third-order valence-electron chi connectivity index (χ3n) is 6.58. The van der Waals surface area contributed by atoms with E-state index < -0.39 is 0 Å². The van der Waals surface area contributed by atoms with Crippen LogP contribution in [0.1, 0.15) is 74.3 Å². The fourth-order valence-electron chi connectivity index (χ4n) is 4.49. The van der Waals surface area contributed by atoms with Crippen LogP contribution in [0.15, 0.2) is 36.7 Å². The van der Waals surface area contributed by atoms with Crippen LogP contribution in [-0.4, -0.2) is 46.8 Å². The Morgan fingerprint density at radius 2 is 1.86 bits per heavy atom. The summed E-state index contributed by atoms with van der Waals surface area (Å²) in [6.07, 6.45) is 10.8. The van der Waals surface area contributed by atoms with E-state index in [0.29, 0.717) is 24.8 Å². The quantitative estimate of drug-likeness (QED) is 0.308. The minimum Gasteiger partial charge on any atom is -0.466 e. The standard InChI is InChI=1S/C27H36N4O3S/c1-2-34-26(32)14-15-35-18-21-10-12-22(13-11-21)30-27(33)24-16-25(29-19-28-24)31(17-20-8-9-20)23-6-4-3-5-7-23/h10-13,16,19-20,23H,2-9,14-15,17-18H2,1H3,(H,30,33). The molecular weight excluding hydrogens is 460 g/mol. The first-order valence-electron chi connectivity index (χ1n) is 12.8. The van der Waals surface area contributed by atoms with Gasteiger partial charge in [0.1, 0.15) is 17.8 Å². The lowest BCUT2D eigenvalue weighted by molar-refractivity contribution is -0.142. The highest BCUT2D eigenvalue weighted by atomic mass is 32.2. The molecule has 8 heteroatoms. The third-order valence-corrected chi connectivity index (χ3v) is 7.61. The van der Waals surface area contributed by atoms with E-state index >= 15 is 0 Å². The van der Waals surface area contributed by atoms with Gasteiger partial charge in [-0.2, -0.15) is 11.8 Å². The van der Waals surface area contributed by atoms with Crippen molar-refractivity contribution in [1.82, 2.24) is 9.97 Å². The number of carbonyl (C=O) groups is 2. The lowest BCUT2D eigenvalue weighted by atomic mass is 9.94. The summed E-state index contributed by atoms with van der Waals surface area (Å²) in [5.74, 6) is 2.79. The smallest absolute Gasteiger partial charge is 0.306 e. The first kappa shape index (κ1) is 25.5. The van der Waals surface area contributed by atoms with E-state index in [1.54, 1.807) is 11.8 Å². The van der Waals surface area contributed by atoms with Gasteiger partial charge in [0.15, 0.2) is 0 Å². The molecule has 2 aromatic rings. The lowest BCUT2D eigenvalue weighted by Gasteiger charge is -2.35. The fraction of sp³-hybridized carbons (Fsp3) is 0.556. The van der Waals surface area contributed by atoms with Gasteiger partial charge in [-0.25, -0.2) is 9.97 Å². The topological polar surface area (TPSA) is 84.4 Å². The Bertz CT molecular complexity index is 975. The normalized spacial score (nSPS) is 16.0. The maximum atomic E-state index is 12.9. The number of carbonyl (C=O) groups excluding carboxylic acids is 2. The molecule has 2 aliphatic carbocycles. The van der Waals surface area contributed by atoms with E-state index in [-0.39, 0.29) is 11.9 Å². The van der Waals surface area contributed by atoms with Gasteiger partial charge in [0, 0.05) is 35.8 Å². The van der Waals surface area contributed by atoms with E-state index in [2.05, 4.69) is 20.2 Å². The predicted molar refractivity (Wildman–Crippen MR) is 141 cm³/mol. The van der Waals surface area contributed by atoms with E-state index in [1.807, 2.05) is 37.3 Å². The van der Waals surface area contributed by atoms with Crippen molar-refractivity contribution >= 4 is 35.1 Å². The van der Waals surface area contributed by atoms with Gasteiger partial charge in [0.25, 0.3) is 5.91 Å². The Morgan fingerprint density at radius 3 is 2.57 bits per heavy atom. The molecule has 4 rings (SSSR count). The van der Waals surface area contributed by atoms with Gasteiger partial charge in [-0.1, -0.05) is 31.4 Å². The molecule has 2 saturated carbocycles. The van der Waals surface area contributed by atoms with Crippen molar-refractivity contribution in [3.05, 3.63) is 47.9 Å². The van der Waals surface area contributed by atoms with Gasteiger partial charge in [-0.3, -0.25) is 9.59 Å². The van der Waals surface area contributed by atoms with Crippen molar-refractivity contribution in [2.75, 3.05) is 29.1 Å². The van der Waals surface area contributed by atoms with Crippen LogP contribution in [0.4, 0.5) is 11.5 Å². The summed E-state index contributed by atoms with van der Waals surface area (Å²) in [7, 11) is 0. The first-order valence-corrected chi connectivity index (χ1v) is 14.0. The second-order valence-corrected chi connectivity index (χ2v) is 10.5. The van der Waals surface area contributed by atoms with Crippen LogP contribution in [-0.2, 0) is 15.3 Å². The fourth-order valence-corrected chi connectivity index (χ4v) is 5.37. The SMILES string of the molecule is CCOC(=O)CCSCc1ccc(NC(=O)c2cc(N(CC3CC3)C3CCCCC3)ncn2)cc1. The van der Waals surface area contributed by atoms with Crippen LogP contribution in [0.5, 0.6) is 0 Å². The summed E-state index contributed by atoms with van der Waals surface area (Å²) < 4.78 is 4.95. The number of nitrogens with zero attached hydrogens (tertiary/aromatic N) is 3. The number of benzene rings is 1. The summed E-state index contributed by atoms with van der Waals surface area (Å²) in [5, 5.41) is 2.96. The van der Waals surface area contributed by atoms with E-state index in [4.69, 9.17) is 4.74 Å². The van der Waals surface area contributed by atoms with Crippen LogP contribution in [0.2, 0.25) is 0 Å². The van der Waals surface area contributed by atoms with Crippen molar-refractivity contribution in [2.45, 2.75) is 70.1 Å². The molecule has 1 amide bonds. The molecule has 35 heavy (non-hydrogen) atoms. The predicted octanol–water partition coefficient (Wildman–Crippen LogP) is 5.46. The average molecular weight is 497 g/mol. The molecule has 0 radical (unpaired) electrons. The number of hydrogen-bond acceptors (Lipinski definition) is 7. The van der Waals surface area contributed by atoms with Gasteiger partial charge >= 0.3 is 5.97 Å². The van der Waals surface area contributed by atoms with Crippen LogP contribution in [0.25, 0.3) is 0 Å². The molecule has 2 fully saturated rings. The Morgan fingerprint density at radius 1 is 1.09 bits per heavy atom. The number of amides is 1. The minimum absolute atomic E-state index is 0.152. The monoisotopic (exact) mass is 496 g/mol.